The molecule has 1 heterocycles. The molecule has 2 aliphatic rings. The lowest BCUT2D eigenvalue weighted by Crippen LogP contribution is -2.35. The summed E-state index contributed by atoms with van der Waals surface area (Å²) in [7, 11) is 1.57. The van der Waals surface area contributed by atoms with E-state index in [0.717, 1.165) is 44.5 Å². The second kappa shape index (κ2) is 7.64. The number of anilines is 1. The van der Waals surface area contributed by atoms with Crippen molar-refractivity contribution in [1.29, 1.82) is 0 Å². The Morgan fingerprint density at radius 2 is 2.04 bits per heavy atom. The third-order valence-electron chi connectivity index (χ3n) is 6.16. The molecule has 1 unspecified atom stereocenters. The first-order chi connectivity index (χ1) is 13.5. The van der Waals surface area contributed by atoms with Crippen LogP contribution in [0, 0.1) is 11.3 Å². The van der Waals surface area contributed by atoms with Crippen LogP contribution in [0.1, 0.15) is 24.8 Å². The van der Waals surface area contributed by atoms with Gasteiger partial charge in [0.15, 0.2) is 0 Å². The maximum Gasteiger partial charge on any atom is 0.228 e. The monoisotopic (exact) mass is 400 g/mol. The quantitative estimate of drug-likeness (QED) is 0.785. The minimum absolute atomic E-state index is 0.0701. The molecule has 148 valence electrons. The minimum Gasteiger partial charge on any atom is -0.508 e. The molecule has 2 N–H and O–H groups in total. The third kappa shape index (κ3) is 3.82. The van der Waals surface area contributed by atoms with Crippen molar-refractivity contribution in [3.63, 3.8) is 0 Å². The van der Waals surface area contributed by atoms with Gasteiger partial charge in [-0.2, -0.15) is 0 Å². The van der Waals surface area contributed by atoms with E-state index in [1.807, 2.05) is 24.3 Å². The van der Waals surface area contributed by atoms with Crippen molar-refractivity contribution in [3.8, 4) is 11.5 Å². The van der Waals surface area contributed by atoms with Gasteiger partial charge in [0.1, 0.15) is 11.5 Å². The smallest absolute Gasteiger partial charge is 0.228 e. The van der Waals surface area contributed by atoms with E-state index >= 15 is 0 Å². The van der Waals surface area contributed by atoms with Gasteiger partial charge in [-0.25, -0.2) is 0 Å². The van der Waals surface area contributed by atoms with E-state index in [9.17, 15) is 9.90 Å². The van der Waals surface area contributed by atoms with Crippen LogP contribution in [0.5, 0.6) is 11.5 Å². The van der Waals surface area contributed by atoms with Gasteiger partial charge in [-0.3, -0.25) is 9.69 Å². The zero-order chi connectivity index (χ0) is 19.7. The van der Waals surface area contributed by atoms with E-state index in [1.165, 1.54) is 0 Å². The van der Waals surface area contributed by atoms with Crippen molar-refractivity contribution in [3.05, 3.63) is 53.1 Å². The number of amides is 1. The first kappa shape index (κ1) is 19.1. The third-order valence-corrected chi connectivity index (χ3v) is 6.46. The summed E-state index contributed by atoms with van der Waals surface area (Å²) >= 11 is 6.14. The number of aromatic hydroxyl groups is 1. The molecule has 0 radical (unpaired) electrons. The molecular formula is C22H25ClN2O3. The van der Waals surface area contributed by atoms with Gasteiger partial charge in [-0.05, 0) is 62.0 Å². The summed E-state index contributed by atoms with van der Waals surface area (Å²) in [5.41, 5.74) is 1.80. The number of ether oxygens (including phenoxy) is 1. The van der Waals surface area contributed by atoms with Gasteiger partial charge in [0.25, 0.3) is 0 Å². The zero-order valence-corrected chi connectivity index (χ0v) is 16.7. The molecule has 1 amide bonds. The molecule has 1 spiro atoms. The van der Waals surface area contributed by atoms with Gasteiger partial charge < -0.3 is 15.2 Å². The number of hydrogen-bond acceptors (Lipinski definition) is 4. The number of nitrogens with zero attached hydrogens (tertiary/aromatic N) is 1. The molecule has 6 heteroatoms. The fourth-order valence-electron chi connectivity index (χ4n) is 4.29. The van der Waals surface area contributed by atoms with Gasteiger partial charge in [-0.15, -0.1) is 0 Å². The summed E-state index contributed by atoms with van der Waals surface area (Å²) in [4.78, 5) is 15.1. The van der Waals surface area contributed by atoms with Gasteiger partial charge in [0.05, 0.1) is 12.1 Å². The van der Waals surface area contributed by atoms with E-state index in [-0.39, 0.29) is 17.2 Å². The Balaban J connectivity index is 1.31. The topological polar surface area (TPSA) is 61.8 Å². The fourth-order valence-corrected chi connectivity index (χ4v) is 4.54. The normalized spacial score (nSPS) is 20.7. The van der Waals surface area contributed by atoms with E-state index in [1.54, 1.807) is 25.3 Å². The van der Waals surface area contributed by atoms with Crippen LogP contribution in [0.4, 0.5) is 5.69 Å². The van der Waals surface area contributed by atoms with Crippen LogP contribution in [0.15, 0.2) is 42.5 Å². The van der Waals surface area contributed by atoms with E-state index in [2.05, 4.69) is 10.2 Å². The Morgan fingerprint density at radius 1 is 1.29 bits per heavy atom. The summed E-state index contributed by atoms with van der Waals surface area (Å²) in [5.74, 6) is 1.10. The highest BCUT2D eigenvalue weighted by molar-refractivity contribution is 6.32. The molecule has 2 aromatic rings. The number of phenols is 1. The van der Waals surface area contributed by atoms with Gasteiger partial charge in [0.2, 0.25) is 5.91 Å². The molecule has 1 saturated heterocycles. The van der Waals surface area contributed by atoms with Crippen molar-refractivity contribution >= 4 is 23.2 Å². The van der Waals surface area contributed by atoms with Crippen molar-refractivity contribution in [2.24, 2.45) is 11.3 Å². The zero-order valence-electron chi connectivity index (χ0n) is 16.0. The van der Waals surface area contributed by atoms with Gasteiger partial charge in [0, 0.05) is 23.7 Å². The summed E-state index contributed by atoms with van der Waals surface area (Å²) in [6.45, 7) is 2.66. The molecule has 2 fully saturated rings. The molecule has 5 nitrogen and oxygen atoms in total. The largest absolute Gasteiger partial charge is 0.508 e. The summed E-state index contributed by atoms with van der Waals surface area (Å²) in [6.07, 6.45) is 2.98. The molecule has 1 aliphatic heterocycles. The number of methoxy groups -OCH3 is 1. The molecule has 1 atom stereocenters. The first-order valence-corrected chi connectivity index (χ1v) is 10.0. The molecular weight excluding hydrogens is 376 g/mol. The number of benzene rings is 2. The van der Waals surface area contributed by atoms with Crippen LogP contribution >= 0.6 is 11.6 Å². The Labute approximate surface area is 170 Å². The SMILES string of the molecule is COc1ccc(NC(=O)C2CC23CCN(Cc2ccccc2O)CC3)cc1Cl. The highest BCUT2D eigenvalue weighted by atomic mass is 35.5. The number of halogens is 1. The number of phenolic OH excluding ortho intramolecular Hbond substituents is 1. The molecule has 4 rings (SSSR count). The predicted molar refractivity (Wildman–Crippen MR) is 110 cm³/mol. The lowest BCUT2D eigenvalue weighted by atomic mass is 9.90. The average molecular weight is 401 g/mol. The maximum atomic E-state index is 12.7. The van der Waals surface area contributed by atoms with Crippen LogP contribution in [-0.4, -0.2) is 36.1 Å². The second-order valence-electron chi connectivity index (χ2n) is 7.86. The molecule has 0 aromatic heterocycles. The van der Waals surface area contributed by atoms with Crippen molar-refractivity contribution < 1.29 is 14.6 Å². The molecule has 28 heavy (non-hydrogen) atoms. The maximum absolute atomic E-state index is 12.7. The minimum atomic E-state index is 0.0701. The number of hydrogen-bond donors (Lipinski definition) is 2. The Kier molecular flexibility index (Phi) is 5.21. The van der Waals surface area contributed by atoms with E-state index in [0.29, 0.717) is 22.2 Å². The molecule has 1 aliphatic carbocycles. The van der Waals surface area contributed by atoms with Crippen molar-refractivity contribution in [2.75, 3.05) is 25.5 Å². The molecule has 2 aromatic carbocycles. The number of piperidine rings is 1. The fraction of sp³-hybridized carbons (Fsp3) is 0.409. The highest BCUT2D eigenvalue weighted by Crippen LogP contribution is 2.59. The van der Waals surface area contributed by atoms with Gasteiger partial charge >= 0.3 is 0 Å². The summed E-state index contributed by atoms with van der Waals surface area (Å²) < 4.78 is 5.15. The summed E-state index contributed by atoms with van der Waals surface area (Å²) in [6, 6.07) is 12.8. The molecule has 0 bridgehead atoms. The van der Waals surface area contributed by atoms with Gasteiger partial charge in [-0.1, -0.05) is 29.8 Å². The van der Waals surface area contributed by atoms with Crippen molar-refractivity contribution in [2.45, 2.75) is 25.8 Å². The predicted octanol–water partition coefficient (Wildman–Crippen LogP) is 4.30. The molecule has 1 saturated carbocycles. The lowest BCUT2D eigenvalue weighted by Gasteiger charge is -2.33. The Bertz CT molecular complexity index is 878. The number of para-hydroxylation sites is 1. The number of rotatable bonds is 5. The van der Waals surface area contributed by atoms with E-state index in [4.69, 9.17) is 16.3 Å². The lowest BCUT2D eigenvalue weighted by molar-refractivity contribution is -0.118. The van der Waals surface area contributed by atoms with Crippen molar-refractivity contribution in [1.82, 2.24) is 4.90 Å². The number of nitrogens with one attached hydrogen (secondary N) is 1. The number of carbonyl (C=O) groups excluding carboxylic acids is 1. The average Bonchev–Trinajstić information content (AvgIpc) is 3.39. The second-order valence-corrected chi connectivity index (χ2v) is 8.27. The standard InChI is InChI=1S/C22H25ClN2O3/c1-28-20-7-6-16(12-18(20)23)24-21(27)17-13-22(17)8-10-25(11-9-22)14-15-4-2-3-5-19(15)26/h2-7,12,17,26H,8-11,13-14H2,1H3,(H,24,27). The van der Waals surface area contributed by atoms with Crippen LogP contribution in [-0.2, 0) is 11.3 Å². The van der Waals surface area contributed by atoms with Crippen LogP contribution < -0.4 is 10.1 Å². The highest BCUT2D eigenvalue weighted by Gasteiger charge is 2.58. The first-order valence-electron chi connectivity index (χ1n) is 9.64. The number of carbonyl (C=O) groups is 1. The number of likely N-dealkylation sites (tertiary alicyclic amines) is 1. The van der Waals surface area contributed by atoms with E-state index < -0.39 is 0 Å². The Hall–Kier alpha value is -2.24. The summed E-state index contributed by atoms with van der Waals surface area (Å²) in [5, 5.41) is 13.5. The van der Waals surface area contributed by atoms with Crippen LogP contribution in [0.2, 0.25) is 5.02 Å². The Morgan fingerprint density at radius 3 is 2.71 bits per heavy atom. The van der Waals surface area contributed by atoms with Crippen LogP contribution in [0.3, 0.4) is 0 Å². The van der Waals surface area contributed by atoms with Crippen LogP contribution in [0.25, 0.3) is 0 Å².